The van der Waals surface area contributed by atoms with Crippen LogP contribution in [0.4, 0.5) is 0 Å². The van der Waals surface area contributed by atoms with Crippen LogP contribution in [0.5, 0.6) is 0 Å². The summed E-state index contributed by atoms with van der Waals surface area (Å²) in [6, 6.07) is 0. The minimum atomic E-state index is -0.121. The molecule has 1 atom stereocenters. The second-order valence-corrected chi connectivity index (χ2v) is 5.65. The standard InChI is InChI=1S/C12H19N3O2/c1-8(16)15-6-5-9(7-15)10-13-14-11(17-10)12(2,3)4/h9H,5-7H2,1-4H3/t9-/m0/s1. The molecule has 0 aromatic carbocycles. The lowest BCUT2D eigenvalue weighted by Crippen LogP contribution is -2.25. The lowest BCUT2D eigenvalue weighted by atomic mass is 9.97. The van der Waals surface area contributed by atoms with Crippen molar-refractivity contribution in [1.29, 1.82) is 0 Å². The summed E-state index contributed by atoms with van der Waals surface area (Å²) >= 11 is 0. The third-order valence-corrected chi connectivity index (χ3v) is 3.07. The van der Waals surface area contributed by atoms with Crippen LogP contribution in [0.1, 0.15) is 51.8 Å². The third-order valence-electron chi connectivity index (χ3n) is 3.07. The van der Waals surface area contributed by atoms with Crippen molar-refractivity contribution >= 4 is 5.91 Å². The SMILES string of the molecule is CC(=O)N1CC[C@H](c2nnc(C(C)(C)C)o2)C1. The Morgan fingerprint density at radius 2 is 2.12 bits per heavy atom. The van der Waals surface area contributed by atoms with Gasteiger partial charge in [-0.2, -0.15) is 0 Å². The van der Waals surface area contributed by atoms with Gasteiger partial charge in [0.25, 0.3) is 0 Å². The molecular weight excluding hydrogens is 218 g/mol. The van der Waals surface area contributed by atoms with Gasteiger partial charge in [0.2, 0.25) is 17.7 Å². The van der Waals surface area contributed by atoms with Crippen LogP contribution in [0.2, 0.25) is 0 Å². The Hall–Kier alpha value is -1.39. The van der Waals surface area contributed by atoms with E-state index in [1.807, 2.05) is 25.7 Å². The van der Waals surface area contributed by atoms with Gasteiger partial charge in [0, 0.05) is 25.4 Å². The second kappa shape index (κ2) is 4.13. The fourth-order valence-corrected chi connectivity index (χ4v) is 1.95. The van der Waals surface area contributed by atoms with Crippen LogP contribution in [0.3, 0.4) is 0 Å². The summed E-state index contributed by atoms with van der Waals surface area (Å²) in [6.07, 6.45) is 0.908. The second-order valence-electron chi connectivity index (χ2n) is 5.65. The molecule has 2 heterocycles. The monoisotopic (exact) mass is 237 g/mol. The average Bonchev–Trinajstić information content (AvgIpc) is 2.85. The number of hydrogen-bond acceptors (Lipinski definition) is 4. The topological polar surface area (TPSA) is 59.2 Å². The molecule has 0 spiro atoms. The van der Waals surface area contributed by atoms with Crippen LogP contribution in [0.15, 0.2) is 4.42 Å². The van der Waals surface area contributed by atoms with Crippen LogP contribution in [0.25, 0.3) is 0 Å². The van der Waals surface area contributed by atoms with E-state index < -0.39 is 0 Å². The third kappa shape index (κ3) is 2.48. The number of nitrogens with zero attached hydrogens (tertiary/aromatic N) is 3. The molecule has 0 aliphatic carbocycles. The molecule has 0 unspecified atom stereocenters. The molecule has 0 N–H and O–H groups in total. The quantitative estimate of drug-likeness (QED) is 0.746. The summed E-state index contributed by atoms with van der Waals surface area (Å²) < 4.78 is 5.70. The zero-order chi connectivity index (χ0) is 12.6. The minimum absolute atomic E-state index is 0.114. The van der Waals surface area contributed by atoms with Gasteiger partial charge in [0.15, 0.2) is 0 Å². The van der Waals surface area contributed by atoms with E-state index >= 15 is 0 Å². The predicted molar refractivity (Wildman–Crippen MR) is 62.6 cm³/mol. The van der Waals surface area contributed by atoms with Gasteiger partial charge in [-0.25, -0.2) is 0 Å². The number of rotatable bonds is 1. The van der Waals surface area contributed by atoms with Gasteiger partial charge in [-0.1, -0.05) is 20.8 Å². The van der Waals surface area contributed by atoms with Crippen molar-refractivity contribution in [3.05, 3.63) is 11.8 Å². The molecule has 1 saturated heterocycles. The fourth-order valence-electron chi connectivity index (χ4n) is 1.95. The number of amides is 1. The zero-order valence-corrected chi connectivity index (χ0v) is 10.9. The Labute approximate surface area is 101 Å². The first-order chi connectivity index (χ1) is 7.88. The highest BCUT2D eigenvalue weighted by Crippen LogP contribution is 2.29. The van der Waals surface area contributed by atoms with Crippen LogP contribution in [0, 0.1) is 0 Å². The molecule has 0 bridgehead atoms. The van der Waals surface area contributed by atoms with Crippen molar-refractivity contribution < 1.29 is 9.21 Å². The number of carbonyl (C=O) groups excluding carboxylic acids is 1. The molecule has 5 nitrogen and oxygen atoms in total. The van der Waals surface area contributed by atoms with Crippen molar-refractivity contribution in [2.45, 2.75) is 45.4 Å². The maximum Gasteiger partial charge on any atom is 0.221 e. The molecule has 1 amide bonds. The largest absolute Gasteiger partial charge is 0.424 e. The summed E-state index contributed by atoms with van der Waals surface area (Å²) in [5.41, 5.74) is -0.121. The highest BCUT2D eigenvalue weighted by Gasteiger charge is 2.31. The highest BCUT2D eigenvalue weighted by atomic mass is 16.4. The maximum absolute atomic E-state index is 11.2. The van der Waals surface area contributed by atoms with Crippen molar-refractivity contribution in [2.75, 3.05) is 13.1 Å². The molecule has 5 heteroatoms. The van der Waals surface area contributed by atoms with Crippen molar-refractivity contribution in [1.82, 2.24) is 15.1 Å². The number of likely N-dealkylation sites (tertiary alicyclic amines) is 1. The Balaban J connectivity index is 2.10. The van der Waals surface area contributed by atoms with Crippen molar-refractivity contribution in [2.24, 2.45) is 0 Å². The first kappa shape index (κ1) is 12.1. The summed E-state index contributed by atoms with van der Waals surface area (Å²) in [6.45, 7) is 9.20. The van der Waals surface area contributed by atoms with Gasteiger partial charge in [-0.05, 0) is 6.42 Å². The summed E-state index contributed by atoms with van der Waals surface area (Å²) in [5, 5.41) is 8.19. The van der Waals surface area contributed by atoms with E-state index in [0.717, 1.165) is 13.0 Å². The Morgan fingerprint density at radius 1 is 1.41 bits per heavy atom. The van der Waals surface area contributed by atoms with Crippen molar-refractivity contribution in [3.63, 3.8) is 0 Å². The summed E-state index contributed by atoms with van der Waals surface area (Å²) in [7, 11) is 0. The predicted octanol–water partition coefficient (Wildman–Crippen LogP) is 1.70. The molecule has 17 heavy (non-hydrogen) atoms. The van der Waals surface area contributed by atoms with E-state index in [2.05, 4.69) is 10.2 Å². The van der Waals surface area contributed by atoms with Gasteiger partial charge >= 0.3 is 0 Å². The van der Waals surface area contributed by atoms with Crippen molar-refractivity contribution in [3.8, 4) is 0 Å². The van der Waals surface area contributed by atoms with E-state index in [0.29, 0.717) is 18.3 Å². The Morgan fingerprint density at radius 3 is 2.59 bits per heavy atom. The van der Waals surface area contributed by atoms with E-state index in [9.17, 15) is 4.79 Å². The molecule has 1 aromatic heterocycles. The Kier molecular flexibility index (Phi) is 2.93. The normalized spacial score (nSPS) is 20.9. The first-order valence-electron chi connectivity index (χ1n) is 5.97. The van der Waals surface area contributed by atoms with Gasteiger partial charge in [-0.15, -0.1) is 10.2 Å². The maximum atomic E-state index is 11.2. The van der Waals surface area contributed by atoms with E-state index in [4.69, 9.17) is 4.42 Å². The van der Waals surface area contributed by atoms with Crippen LogP contribution in [-0.4, -0.2) is 34.1 Å². The lowest BCUT2D eigenvalue weighted by molar-refractivity contribution is -0.127. The molecule has 1 fully saturated rings. The van der Waals surface area contributed by atoms with Gasteiger partial charge < -0.3 is 9.32 Å². The summed E-state index contributed by atoms with van der Waals surface area (Å²) in [4.78, 5) is 13.1. The molecule has 0 radical (unpaired) electrons. The molecule has 94 valence electrons. The Bertz CT molecular complexity index is 420. The molecule has 0 saturated carbocycles. The molecule has 1 aliphatic rings. The zero-order valence-electron chi connectivity index (χ0n) is 10.9. The minimum Gasteiger partial charge on any atom is -0.424 e. The average molecular weight is 237 g/mol. The first-order valence-corrected chi connectivity index (χ1v) is 5.97. The molecule has 2 rings (SSSR count). The van der Waals surface area contributed by atoms with Gasteiger partial charge in [0.05, 0.1) is 5.92 Å². The highest BCUT2D eigenvalue weighted by molar-refractivity contribution is 5.73. The smallest absolute Gasteiger partial charge is 0.221 e. The lowest BCUT2D eigenvalue weighted by Gasteiger charge is -2.13. The summed E-state index contributed by atoms with van der Waals surface area (Å²) in [5.74, 6) is 1.64. The van der Waals surface area contributed by atoms with E-state index in [1.165, 1.54) is 0 Å². The molecule has 1 aliphatic heterocycles. The number of carbonyl (C=O) groups is 1. The fraction of sp³-hybridized carbons (Fsp3) is 0.750. The number of aromatic nitrogens is 2. The molecular formula is C12H19N3O2. The number of hydrogen-bond donors (Lipinski definition) is 0. The van der Waals surface area contributed by atoms with Crippen LogP contribution < -0.4 is 0 Å². The van der Waals surface area contributed by atoms with Gasteiger partial charge in [0.1, 0.15) is 0 Å². The van der Waals surface area contributed by atoms with E-state index in [-0.39, 0.29) is 17.2 Å². The van der Waals surface area contributed by atoms with Crippen LogP contribution in [-0.2, 0) is 10.2 Å². The van der Waals surface area contributed by atoms with Crippen LogP contribution >= 0.6 is 0 Å². The van der Waals surface area contributed by atoms with E-state index in [1.54, 1.807) is 6.92 Å². The van der Waals surface area contributed by atoms with Gasteiger partial charge in [-0.3, -0.25) is 4.79 Å². The molecule has 1 aromatic rings.